The summed E-state index contributed by atoms with van der Waals surface area (Å²) in [4.78, 5) is 0. The predicted molar refractivity (Wildman–Crippen MR) is 42.2 cm³/mol. The normalized spacial score (nSPS) is 15.1. The monoisotopic (exact) mass is 318 g/mol. The Labute approximate surface area is 110 Å². The minimum atomic E-state index is -6.83. The zero-order valence-corrected chi connectivity index (χ0v) is 10.0. The second kappa shape index (κ2) is 4.83. The smallest absolute Gasteiger partial charge is 1.00 e. The molecule has 0 fully saturated rings. The zero-order valence-electron chi connectivity index (χ0n) is 9.37. The van der Waals surface area contributed by atoms with Crippen LogP contribution in [0.5, 0.6) is 0 Å². The summed E-state index contributed by atoms with van der Waals surface area (Å²) < 4.78 is 115. The number of sulfonamides is 2. The second-order valence-corrected chi connectivity index (χ2v) is 5.90. The van der Waals surface area contributed by atoms with Gasteiger partial charge in [0.1, 0.15) is 0 Å². The third-order valence-electron chi connectivity index (χ3n) is 1.45. The summed E-state index contributed by atoms with van der Waals surface area (Å²) in [6.45, 7) is 0. The average molecular weight is 318 g/mol. The number of halogens is 6. The SMILES string of the molecule is NS(=O)(=O)C(F)(F)C(F)(F)C(F)(F)S(N)(=O)=O.[H-].[Li+]. The van der Waals surface area contributed by atoms with Crippen LogP contribution in [0.1, 0.15) is 1.43 Å². The van der Waals surface area contributed by atoms with E-state index < -0.39 is 36.5 Å². The van der Waals surface area contributed by atoms with Gasteiger partial charge in [-0.2, -0.15) is 26.3 Å². The third-order valence-corrected chi connectivity index (χ3v) is 3.39. The molecule has 0 unspecified atom stereocenters. The summed E-state index contributed by atoms with van der Waals surface area (Å²) in [5.74, 6) is -6.83. The topological polar surface area (TPSA) is 120 Å². The van der Waals surface area contributed by atoms with E-state index in [1.807, 2.05) is 0 Å². The van der Waals surface area contributed by atoms with Crippen LogP contribution in [0.15, 0.2) is 0 Å². The molecule has 0 radical (unpaired) electrons. The van der Waals surface area contributed by atoms with E-state index in [2.05, 4.69) is 10.3 Å². The van der Waals surface area contributed by atoms with Gasteiger partial charge in [-0.3, -0.25) is 0 Å². The molecule has 6 nitrogen and oxygen atoms in total. The van der Waals surface area contributed by atoms with E-state index in [-0.39, 0.29) is 20.3 Å². The van der Waals surface area contributed by atoms with Crippen molar-refractivity contribution in [3.05, 3.63) is 0 Å². The van der Waals surface area contributed by atoms with Crippen LogP contribution in [0.25, 0.3) is 0 Å². The van der Waals surface area contributed by atoms with Crippen molar-refractivity contribution in [2.45, 2.75) is 16.4 Å². The van der Waals surface area contributed by atoms with Crippen molar-refractivity contribution in [2.75, 3.05) is 0 Å². The van der Waals surface area contributed by atoms with E-state index in [0.29, 0.717) is 0 Å². The Hall–Kier alpha value is -0.00260. The molecule has 0 aromatic carbocycles. The number of nitrogens with two attached hydrogens (primary N) is 2. The number of hydrogen-bond donors (Lipinski definition) is 2. The van der Waals surface area contributed by atoms with Gasteiger partial charge in [0.15, 0.2) is 0 Å². The molecule has 0 aliphatic rings. The summed E-state index contributed by atoms with van der Waals surface area (Å²) in [6, 6.07) is 0. The van der Waals surface area contributed by atoms with Crippen molar-refractivity contribution in [2.24, 2.45) is 10.3 Å². The van der Waals surface area contributed by atoms with Gasteiger partial charge in [0.2, 0.25) is 0 Å². The molecule has 0 saturated heterocycles. The third kappa shape index (κ3) is 2.78. The molecule has 0 saturated carbocycles. The van der Waals surface area contributed by atoms with Crippen molar-refractivity contribution >= 4 is 20.0 Å². The van der Waals surface area contributed by atoms with Crippen LogP contribution in [0.2, 0.25) is 0 Å². The summed E-state index contributed by atoms with van der Waals surface area (Å²) in [7, 11) is -13.0. The second-order valence-electron chi connectivity index (χ2n) is 2.70. The number of primary sulfonamides is 2. The van der Waals surface area contributed by atoms with E-state index in [1.165, 1.54) is 0 Å². The fourth-order valence-corrected chi connectivity index (χ4v) is 1.56. The van der Waals surface area contributed by atoms with Gasteiger partial charge in [-0.05, 0) is 0 Å². The maximum atomic E-state index is 12.6. The maximum absolute atomic E-state index is 12.6. The first-order valence-electron chi connectivity index (χ1n) is 3.18. The fourth-order valence-electron chi connectivity index (χ4n) is 0.527. The summed E-state index contributed by atoms with van der Waals surface area (Å²) in [5, 5.41) is -5.81. The van der Waals surface area contributed by atoms with Gasteiger partial charge in [-0.15, -0.1) is 0 Å². The molecule has 0 amide bonds. The first kappa shape index (κ1) is 20.3. The minimum Gasteiger partial charge on any atom is -1.00 e. The van der Waals surface area contributed by atoms with Gasteiger partial charge in [0.05, 0.1) is 0 Å². The van der Waals surface area contributed by atoms with Crippen LogP contribution in [-0.2, 0) is 20.0 Å². The molecule has 18 heavy (non-hydrogen) atoms. The molecule has 0 aromatic rings. The van der Waals surface area contributed by atoms with Crippen LogP contribution in [0, 0.1) is 0 Å². The Bertz CT molecular complexity index is 475. The van der Waals surface area contributed by atoms with E-state index >= 15 is 0 Å². The Morgan fingerprint density at radius 3 is 1.00 bits per heavy atom. The quantitative estimate of drug-likeness (QED) is 0.413. The van der Waals surface area contributed by atoms with E-state index in [9.17, 15) is 43.2 Å². The molecule has 4 N–H and O–H groups in total. The van der Waals surface area contributed by atoms with Crippen molar-refractivity contribution in [3.8, 4) is 0 Å². The van der Waals surface area contributed by atoms with Crippen molar-refractivity contribution in [3.63, 3.8) is 0 Å². The Balaban J connectivity index is -0.00000128. The summed E-state index contributed by atoms with van der Waals surface area (Å²) in [5.41, 5.74) is 0. The van der Waals surface area contributed by atoms with E-state index in [1.54, 1.807) is 0 Å². The number of hydrogen-bond acceptors (Lipinski definition) is 4. The van der Waals surface area contributed by atoms with Crippen molar-refractivity contribution < 1.29 is 63.5 Å². The van der Waals surface area contributed by atoms with Gasteiger partial charge in [0.25, 0.3) is 20.0 Å². The summed E-state index contributed by atoms with van der Waals surface area (Å²) in [6.07, 6.45) is 0. The maximum Gasteiger partial charge on any atom is 1.00 e. The molecule has 0 atom stereocenters. The van der Waals surface area contributed by atoms with Gasteiger partial charge in [-0.1, -0.05) is 0 Å². The average Bonchev–Trinajstić information content (AvgIpc) is 1.98. The van der Waals surface area contributed by atoms with Crippen LogP contribution < -0.4 is 29.1 Å². The van der Waals surface area contributed by atoms with E-state index in [4.69, 9.17) is 0 Å². The van der Waals surface area contributed by atoms with Gasteiger partial charge in [0, 0.05) is 0 Å². The first-order valence-corrected chi connectivity index (χ1v) is 6.27. The minimum absolute atomic E-state index is 0. The van der Waals surface area contributed by atoms with Crippen LogP contribution >= 0.6 is 0 Å². The number of rotatable bonds is 4. The molecule has 0 bridgehead atoms. The van der Waals surface area contributed by atoms with Crippen LogP contribution in [0.4, 0.5) is 26.3 Å². The largest absolute Gasteiger partial charge is 1.00 e. The molecule has 106 valence electrons. The van der Waals surface area contributed by atoms with Gasteiger partial charge < -0.3 is 1.43 Å². The van der Waals surface area contributed by atoms with Crippen LogP contribution in [0.3, 0.4) is 0 Å². The molecule has 0 aliphatic carbocycles. The van der Waals surface area contributed by atoms with Crippen molar-refractivity contribution in [1.82, 2.24) is 0 Å². The molecule has 0 aromatic heterocycles. The first-order chi connectivity index (χ1) is 7.00. The molecule has 15 heteroatoms. The Kier molecular flexibility index (Phi) is 5.46. The standard InChI is InChI=1S/C3H4F6N2O4S2.Li.H/c4-1(5,2(6,7)16(10,12)13)3(8,9)17(11,14)15;;/h(H2,10,12,13)(H2,11,14,15);;/q;+1;-1. The van der Waals surface area contributed by atoms with Crippen molar-refractivity contribution in [1.29, 1.82) is 0 Å². The molecule has 0 heterocycles. The molecule has 0 rings (SSSR count). The molecule has 0 aliphatic heterocycles. The summed E-state index contributed by atoms with van der Waals surface area (Å²) >= 11 is 0. The molecular formula is C3H5F6LiN2O4S2. The molecule has 0 spiro atoms. The predicted octanol–water partition coefficient (Wildman–Crippen LogP) is -3.50. The zero-order chi connectivity index (χ0) is 14.5. The fraction of sp³-hybridized carbons (Fsp3) is 1.00. The van der Waals surface area contributed by atoms with Gasteiger partial charge >= 0.3 is 35.3 Å². The van der Waals surface area contributed by atoms with Gasteiger partial charge in [-0.25, -0.2) is 27.1 Å². The number of alkyl halides is 6. The Morgan fingerprint density at radius 2 is 0.889 bits per heavy atom. The van der Waals surface area contributed by atoms with Crippen LogP contribution in [-0.4, -0.2) is 33.3 Å². The van der Waals surface area contributed by atoms with E-state index in [0.717, 1.165) is 0 Å². The Morgan fingerprint density at radius 1 is 0.722 bits per heavy atom. The molecular weight excluding hydrogens is 313 g/mol.